The first-order valence-electron chi connectivity index (χ1n) is 6.17. The van der Waals surface area contributed by atoms with E-state index < -0.39 is 33.7 Å². The fourth-order valence-corrected chi connectivity index (χ4v) is 3.05. The van der Waals surface area contributed by atoms with Gasteiger partial charge in [-0.25, -0.2) is 17.6 Å². The molecule has 0 atom stereocenters. The van der Waals surface area contributed by atoms with Crippen molar-refractivity contribution in [3.63, 3.8) is 0 Å². The standard InChI is InChI=1S/C13H14FN3O4S/c1-9-3-5-10(6-4-9)22(19,20)17-7-11(14)12(15)16(8-21-2)13(17)18/h3-7,15H,8H2,1-2H3. The number of nitrogens with zero attached hydrogens (tertiary/aromatic N) is 2. The van der Waals surface area contributed by atoms with Gasteiger partial charge in [-0.15, -0.1) is 0 Å². The van der Waals surface area contributed by atoms with Crippen molar-refractivity contribution >= 4 is 10.0 Å². The minimum atomic E-state index is -4.26. The minimum absolute atomic E-state index is 0.152. The molecule has 118 valence electrons. The van der Waals surface area contributed by atoms with Crippen LogP contribution in [0.2, 0.25) is 0 Å². The van der Waals surface area contributed by atoms with Crippen LogP contribution in [0.5, 0.6) is 0 Å². The molecule has 0 spiro atoms. The number of aromatic nitrogens is 2. The maximum absolute atomic E-state index is 13.8. The van der Waals surface area contributed by atoms with Crippen molar-refractivity contribution in [2.75, 3.05) is 7.11 Å². The molecule has 0 amide bonds. The highest BCUT2D eigenvalue weighted by Gasteiger charge is 2.21. The van der Waals surface area contributed by atoms with Crippen molar-refractivity contribution in [1.82, 2.24) is 8.54 Å². The second-order valence-electron chi connectivity index (χ2n) is 4.57. The van der Waals surface area contributed by atoms with Gasteiger partial charge in [0.2, 0.25) is 0 Å². The predicted octanol–water partition coefficient (Wildman–Crippen LogP) is 0.418. The number of hydrogen-bond acceptors (Lipinski definition) is 5. The molecular formula is C13H14FN3O4S. The maximum atomic E-state index is 13.8. The van der Waals surface area contributed by atoms with Crippen molar-refractivity contribution in [3.8, 4) is 0 Å². The summed E-state index contributed by atoms with van der Waals surface area (Å²) in [6.07, 6.45) is 0.492. The van der Waals surface area contributed by atoms with Gasteiger partial charge < -0.3 is 4.74 Å². The van der Waals surface area contributed by atoms with Crippen LogP contribution in [0.1, 0.15) is 5.56 Å². The summed E-state index contributed by atoms with van der Waals surface area (Å²) in [6.45, 7) is 1.35. The van der Waals surface area contributed by atoms with E-state index in [-0.39, 0.29) is 8.87 Å². The zero-order chi connectivity index (χ0) is 16.5. The molecular weight excluding hydrogens is 313 g/mol. The van der Waals surface area contributed by atoms with Crippen molar-refractivity contribution < 1.29 is 17.5 Å². The lowest BCUT2D eigenvalue weighted by molar-refractivity contribution is 0.121. The predicted molar refractivity (Wildman–Crippen MR) is 75.3 cm³/mol. The van der Waals surface area contributed by atoms with Gasteiger partial charge in [0.25, 0.3) is 10.0 Å². The third kappa shape index (κ3) is 2.72. The van der Waals surface area contributed by atoms with Crippen LogP contribution in [0.15, 0.2) is 40.2 Å². The van der Waals surface area contributed by atoms with E-state index in [1.165, 1.54) is 19.2 Å². The van der Waals surface area contributed by atoms with Crippen LogP contribution >= 0.6 is 0 Å². The molecule has 0 saturated heterocycles. The van der Waals surface area contributed by atoms with E-state index in [4.69, 9.17) is 10.1 Å². The molecule has 0 bridgehead atoms. The molecule has 1 aromatic carbocycles. The highest BCUT2D eigenvalue weighted by molar-refractivity contribution is 7.90. The fraction of sp³-hybridized carbons (Fsp3) is 0.231. The molecule has 1 heterocycles. The molecule has 0 unspecified atom stereocenters. The minimum Gasteiger partial charge on any atom is -0.364 e. The molecule has 9 heteroatoms. The second kappa shape index (κ2) is 5.85. The van der Waals surface area contributed by atoms with E-state index in [1.54, 1.807) is 19.1 Å². The number of hydrogen-bond donors (Lipinski definition) is 1. The zero-order valence-corrected chi connectivity index (χ0v) is 12.7. The fourth-order valence-electron chi connectivity index (χ4n) is 1.81. The van der Waals surface area contributed by atoms with E-state index in [1.807, 2.05) is 0 Å². The normalized spacial score (nSPS) is 11.6. The van der Waals surface area contributed by atoms with Crippen LogP contribution in [0.4, 0.5) is 4.39 Å². The molecule has 7 nitrogen and oxygen atoms in total. The van der Waals surface area contributed by atoms with Gasteiger partial charge in [0.15, 0.2) is 11.3 Å². The molecule has 2 aromatic rings. The Morgan fingerprint density at radius 2 is 1.86 bits per heavy atom. The Morgan fingerprint density at radius 3 is 2.41 bits per heavy atom. The number of benzene rings is 1. The summed E-state index contributed by atoms with van der Waals surface area (Å²) < 4.78 is 44.3. The molecule has 0 fully saturated rings. The number of nitrogens with one attached hydrogen (secondary N) is 1. The van der Waals surface area contributed by atoms with Crippen LogP contribution < -0.4 is 11.2 Å². The highest BCUT2D eigenvalue weighted by Crippen LogP contribution is 2.12. The highest BCUT2D eigenvalue weighted by atomic mass is 32.2. The average molecular weight is 327 g/mol. The Balaban J connectivity index is 2.74. The Bertz CT molecular complexity index is 914. The van der Waals surface area contributed by atoms with Crippen LogP contribution in [0.25, 0.3) is 0 Å². The summed E-state index contributed by atoms with van der Waals surface area (Å²) in [7, 11) is -3.02. The summed E-state index contributed by atoms with van der Waals surface area (Å²) in [4.78, 5) is 12.0. The van der Waals surface area contributed by atoms with E-state index >= 15 is 0 Å². The van der Waals surface area contributed by atoms with Crippen LogP contribution in [0.3, 0.4) is 0 Å². The lowest BCUT2D eigenvalue weighted by Crippen LogP contribution is -2.43. The van der Waals surface area contributed by atoms with Crippen molar-refractivity contribution in [2.24, 2.45) is 0 Å². The molecule has 0 aliphatic rings. The molecule has 22 heavy (non-hydrogen) atoms. The van der Waals surface area contributed by atoms with Gasteiger partial charge in [-0.2, -0.15) is 3.97 Å². The number of ether oxygens (including phenoxy) is 1. The first-order chi connectivity index (χ1) is 10.3. The van der Waals surface area contributed by atoms with Crippen LogP contribution in [-0.4, -0.2) is 24.1 Å². The van der Waals surface area contributed by atoms with Gasteiger partial charge in [0.05, 0.1) is 11.1 Å². The number of methoxy groups -OCH3 is 1. The van der Waals surface area contributed by atoms with E-state index in [9.17, 15) is 17.6 Å². The molecule has 1 N–H and O–H groups in total. The third-order valence-electron chi connectivity index (χ3n) is 2.98. The van der Waals surface area contributed by atoms with E-state index in [0.717, 1.165) is 5.56 Å². The smallest absolute Gasteiger partial charge is 0.345 e. The molecule has 0 radical (unpaired) electrons. The first kappa shape index (κ1) is 16.1. The lowest BCUT2D eigenvalue weighted by atomic mass is 10.2. The van der Waals surface area contributed by atoms with Gasteiger partial charge in [0.1, 0.15) is 6.73 Å². The summed E-state index contributed by atoms with van der Waals surface area (Å²) >= 11 is 0. The van der Waals surface area contributed by atoms with E-state index in [0.29, 0.717) is 10.8 Å². The van der Waals surface area contributed by atoms with Gasteiger partial charge in [0, 0.05) is 7.11 Å². The summed E-state index contributed by atoms with van der Waals surface area (Å²) in [6, 6.07) is 5.78. The van der Waals surface area contributed by atoms with Crippen molar-refractivity contribution in [2.45, 2.75) is 18.6 Å². The van der Waals surface area contributed by atoms with Gasteiger partial charge in [-0.1, -0.05) is 17.7 Å². The van der Waals surface area contributed by atoms with Crippen LogP contribution in [-0.2, 0) is 21.5 Å². The Morgan fingerprint density at radius 1 is 1.27 bits per heavy atom. The summed E-state index contributed by atoms with van der Waals surface area (Å²) in [5.74, 6) is -1.15. The molecule has 0 aliphatic heterocycles. The second-order valence-corrected chi connectivity index (χ2v) is 6.38. The topological polar surface area (TPSA) is 94.2 Å². The van der Waals surface area contributed by atoms with Crippen molar-refractivity contribution in [1.29, 1.82) is 5.41 Å². The molecule has 0 saturated carbocycles. The number of rotatable bonds is 4. The van der Waals surface area contributed by atoms with Crippen molar-refractivity contribution in [3.05, 3.63) is 57.8 Å². The molecule has 0 aliphatic carbocycles. The first-order valence-corrected chi connectivity index (χ1v) is 7.61. The average Bonchev–Trinajstić information content (AvgIpc) is 2.47. The lowest BCUT2D eigenvalue weighted by Gasteiger charge is -2.11. The third-order valence-corrected chi connectivity index (χ3v) is 4.63. The zero-order valence-electron chi connectivity index (χ0n) is 11.9. The largest absolute Gasteiger partial charge is 0.364 e. The van der Waals surface area contributed by atoms with Gasteiger partial charge >= 0.3 is 5.69 Å². The Labute approximate surface area is 125 Å². The summed E-state index contributed by atoms with van der Waals surface area (Å²) in [5.41, 5.74) is -0.982. The number of halogens is 1. The monoisotopic (exact) mass is 327 g/mol. The quantitative estimate of drug-likeness (QED) is 0.880. The Kier molecular flexibility index (Phi) is 4.29. The van der Waals surface area contributed by atoms with E-state index in [2.05, 4.69) is 0 Å². The SMILES string of the molecule is COCn1c(=N)c(F)cn(S(=O)(=O)c2ccc(C)cc2)c1=O. The van der Waals surface area contributed by atoms with Gasteiger partial charge in [-0.3, -0.25) is 9.98 Å². The van der Waals surface area contributed by atoms with Gasteiger partial charge in [-0.05, 0) is 19.1 Å². The molecule has 1 aromatic heterocycles. The molecule has 2 rings (SSSR count). The summed E-state index contributed by atoms with van der Waals surface area (Å²) in [5, 5.41) is 7.47. The van der Waals surface area contributed by atoms with Crippen LogP contribution in [0, 0.1) is 18.2 Å². The number of aryl methyl sites for hydroxylation is 1. The Hall–Kier alpha value is -2.26. The maximum Gasteiger partial charge on any atom is 0.345 e.